The van der Waals surface area contributed by atoms with Gasteiger partial charge in [0.1, 0.15) is 5.82 Å². The Balaban J connectivity index is 1.30. The number of nitrogens with zero attached hydrogens (tertiary/aromatic N) is 6. The van der Waals surface area contributed by atoms with Gasteiger partial charge in [-0.25, -0.2) is 4.98 Å². The maximum atomic E-state index is 4.97. The summed E-state index contributed by atoms with van der Waals surface area (Å²) in [7, 11) is 0. The number of hydrogen-bond acceptors (Lipinski definition) is 4. The molecule has 188 valence electrons. The van der Waals surface area contributed by atoms with Gasteiger partial charge in [0, 0.05) is 46.5 Å². The highest BCUT2D eigenvalue weighted by molar-refractivity contribution is 6.21. The highest BCUT2D eigenvalue weighted by Crippen LogP contribution is 2.37. The molecule has 0 radical (unpaired) electrons. The number of pyridine rings is 4. The number of hydrogen-bond donors (Lipinski definition) is 0. The maximum absolute atomic E-state index is 4.97. The third-order valence-electron chi connectivity index (χ3n) is 7.38. The summed E-state index contributed by atoms with van der Waals surface area (Å²) in [5.74, 6) is 0.869. The molecule has 0 N–H and O–H groups in total. The fourth-order valence-corrected chi connectivity index (χ4v) is 5.58. The van der Waals surface area contributed by atoms with Crippen LogP contribution in [0.4, 0.5) is 0 Å². The molecule has 0 amide bonds. The van der Waals surface area contributed by atoms with E-state index in [0.717, 1.165) is 50.7 Å². The summed E-state index contributed by atoms with van der Waals surface area (Å²) in [4.78, 5) is 18.4. The Kier molecular flexibility index (Phi) is 5.03. The zero-order valence-electron chi connectivity index (χ0n) is 21.4. The number of rotatable bonds is 4. The zero-order chi connectivity index (χ0) is 26.5. The molecule has 0 unspecified atom stereocenters. The fourth-order valence-electron chi connectivity index (χ4n) is 5.58. The molecule has 2 aromatic carbocycles. The van der Waals surface area contributed by atoms with Crippen molar-refractivity contribution < 1.29 is 0 Å². The summed E-state index contributed by atoms with van der Waals surface area (Å²) < 4.78 is 4.45. The van der Waals surface area contributed by atoms with Crippen molar-refractivity contribution in [3.8, 4) is 34.2 Å². The Morgan fingerprint density at radius 2 is 1.38 bits per heavy atom. The van der Waals surface area contributed by atoms with Gasteiger partial charge in [0.2, 0.25) is 0 Å². The molecule has 40 heavy (non-hydrogen) atoms. The largest absolute Gasteiger partial charge is 0.308 e. The van der Waals surface area contributed by atoms with E-state index in [1.165, 1.54) is 16.2 Å². The molecule has 8 aromatic rings. The molecule has 6 heteroatoms. The van der Waals surface area contributed by atoms with E-state index in [4.69, 9.17) is 9.97 Å². The molecule has 0 bridgehead atoms. The highest BCUT2D eigenvalue weighted by atomic mass is 15.1. The van der Waals surface area contributed by atoms with E-state index >= 15 is 0 Å². The van der Waals surface area contributed by atoms with Crippen LogP contribution in [-0.4, -0.2) is 29.1 Å². The molecule has 8 rings (SSSR count). The first-order valence-corrected chi connectivity index (χ1v) is 13.1. The quantitative estimate of drug-likeness (QED) is 0.242. The standard InChI is InChI=1S/C34H22N6/c1-2-11-31-25(8-1)34-26-17-20-39(33-12-5-10-27(38-33)23-7-6-18-35-21-23)30(26)15-16-32(34)40(31)24-13-14-29(37-22-24)28-9-3-4-19-36-28/h1-22H. The average Bonchev–Trinajstić information content (AvgIpc) is 3.61. The van der Waals surface area contributed by atoms with Crippen molar-refractivity contribution in [1.29, 1.82) is 0 Å². The summed E-state index contributed by atoms with van der Waals surface area (Å²) in [5.41, 5.74) is 8.00. The molecule has 6 nitrogen and oxygen atoms in total. The number of benzene rings is 2. The molecule has 0 atom stereocenters. The van der Waals surface area contributed by atoms with Crippen molar-refractivity contribution in [3.05, 3.63) is 134 Å². The molecule has 6 heterocycles. The van der Waals surface area contributed by atoms with Crippen LogP contribution >= 0.6 is 0 Å². The first kappa shape index (κ1) is 22.4. The van der Waals surface area contributed by atoms with E-state index in [-0.39, 0.29) is 0 Å². The van der Waals surface area contributed by atoms with Gasteiger partial charge < -0.3 is 9.13 Å². The van der Waals surface area contributed by atoms with Crippen LogP contribution in [0.3, 0.4) is 0 Å². The van der Waals surface area contributed by atoms with Gasteiger partial charge in [-0.15, -0.1) is 0 Å². The van der Waals surface area contributed by atoms with Crippen LogP contribution < -0.4 is 0 Å². The Hall–Kier alpha value is -5.62. The molecule has 0 fully saturated rings. The van der Waals surface area contributed by atoms with Crippen molar-refractivity contribution in [2.24, 2.45) is 0 Å². The van der Waals surface area contributed by atoms with Crippen LogP contribution in [0.5, 0.6) is 0 Å². The summed E-state index contributed by atoms with van der Waals surface area (Å²) >= 11 is 0. The second kappa shape index (κ2) is 8.99. The van der Waals surface area contributed by atoms with E-state index < -0.39 is 0 Å². The minimum absolute atomic E-state index is 0.852. The maximum Gasteiger partial charge on any atom is 0.137 e. The van der Waals surface area contributed by atoms with Crippen LogP contribution in [0.25, 0.3) is 66.9 Å². The number of aromatic nitrogens is 6. The van der Waals surface area contributed by atoms with Gasteiger partial charge in [0.25, 0.3) is 0 Å². The molecular weight excluding hydrogens is 492 g/mol. The first-order valence-electron chi connectivity index (χ1n) is 13.1. The highest BCUT2D eigenvalue weighted by Gasteiger charge is 2.17. The molecule has 6 aromatic heterocycles. The van der Waals surface area contributed by atoms with Crippen molar-refractivity contribution in [3.63, 3.8) is 0 Å². The van der Waals surface area contributed by atoms with E-state index in [1.807, 2.05) is 67.0 Å². The second-order valence-electron chi connectivity index (χ2n) is 9.67. The summed E-state index contributed by atoms with van der Waals surface area (Å²) in [6, 6.07) is 35.2. The normalized spacial score (nSPS) is 11.5. The van der Waals surface area contributed by atoms with Crippen LogP contribution in [-0.2, 0) is 0 Å². The van der Waals surface area contributed by atoms with Gasteiger partial charge in [0.05, 0.1) is 45.5 Å². The van der Waals surface area contributed by atoms with Crippen LogP contribution in [0.1, 0.15) is 0 Å². The van der Waals surface area contributed by atoms with Gasteiger partial charge in [0.15, 0.2) is 0 Å². The van der Waals surface area contributed by atoms with E-state index in [0.29, 0.717) is 0 Å². The molecule has 0 aliphatic rings. The van der Waals surface area contributed by atoms with Crippen LogP contribution in [0.2, 0.25) is 0 Å². The van der Waals surface area contributed by atoms with Crippen molar-refractivity contribution >= 4 is 32.7 Å². The lowest BCUT2D eigenvalue weighted by Gasteiger charge is -2.09. The summed E-state index contributed by atoms with van der Waals surface area (Å²) in [6.45, 7) is 0. The van der Waals surface area contributed by atoms with E-state index in [1.54, 1.807) is 12.4 Å². The fraction of sp³-hybridized carbons (Fsp3) is 0. The molecule has 0 saturated carbocycles. The molecule has 0 spiro atoms. The number of fused-ring (bicyclic) bond motifs is 5. The molecule has 0 aliphatic heterocycles. The predicted molar refractivity (Wildman–Crippen MR) is 160 cm³/mol. The third-order valence-corrected chi connectivity index (χ3v) is 7.38. The van der Waals surface area contributed by atoms with Crippen molar-refractivity contribution in [1.82, 2.24) is 29.1 Å². The Morgan fingerprint density at radius 3 is 2.23 bits per heavy atom. The van der Waals surface area contributed by atoms with Crippen molar-refractivity contribution in [2.75, 3.05) is 0 Å². The lowest BCUT2D eigenvalue weighted by atomic mass is 10.1. The van der Waals surface area contributed by atoms with Gasteiger partial charge in [-0.1, -0.05) is 30.3 Å². The smallest absolute Gasteiger partial charge is 0.137 e. The second-order valence-corrected chi connectivity index (χ2v) is 9.67. The van der Waals surface area contributed by atoms with Gasteiger partial charge in [-0.3, -0.25) is 15.0 Å². The van der Waals surface area contributed by atoms with Crippen LogP contribution in [0.15, 0.2) is 134 Å². The third kappa shape index (κ3) is 3.50. The topological polar surface area (TPSA) is 61.4 Å². The van der Waals surface area contributed by atoms with Crippen LogP contribution in [0, 0.1) is 0 Å². The lowest BCUT2D eigenvalue weighted by Crippen LogP contribution is -1.97. The Bertz CT molecular complexity index is 2140. The van der Waals surface area contributed by atoms with Gasteiger partial charge in [-0.05, 0) is 72.8 Å². The summed E-state index contributed by atoms with van der Waals surface area (Å²) in [6.07, 6.45) is 9.45. The van der Waals surface area contributed by atoms with E-state index in [9.17, 15) is 0 Å². The summed E-state index contributed by atoms with van der Waals surface area (Å²) in [5, 5.41) is 3.59. The van der Waals surface area contributed by atoms with Crippen molar-refractivity contribution in [2.45, 2.75) is 0 Å². The minimum Gasteiger partial charge on any atom is -0.308 e. The molecule has 0 saturated heterocycles. The zero-order valence-corrected chi connectivity index (χ0v) is 21.4. The minimum atomic E-state index is 0.852. The first-order chi connectivity index (χ1) is 19.8. The molecule has 0 aliphatic carbocycles. The van der Waals surface area contributed by atoms with Gasteiger partial charge >= 0.3 is 0 Å². The molecular formula is C34H22N6. The SMILES string of the molecule is c1ccc(-c2ccc(-n3c4ccccc4c4c5ccn(-c6cccc(-c7cccnc7)n6)c5ccc43)cn2)nc1. The average molecular weight is 515 g/mol. The Labute approximate surface area is 229 Å². The van der Waals surface area contributed by atoms with Gasteiger partial charge in [-0.2, -0.15) is 0 Å². The monoisotopic (exact) mass is 514 g/mol. The lowest BCUT2D eigenvalue weighted by molar-refractivity contribution is 1.05. The van der Waals surface area contributed by atoms with E-state index in [2.05, 4.69) is 73.8 Å². The number of para-hydroxylation sites is 1. The predicted octanol–water partition coefficient (Wildman–Crippen LogP) is 7.64. The Morgan fingerprint density at radius 1 is 0.525 bits per heavy atom.